The van der Waals surface area contributed by atoms with Gasteiger partial charge in [-0.2, -0.15) is 0 Å². The minimum Gasteiger partial charge on any atom is -0.298 e. The molecule has 7 heteroatoms. The Bertz CT molecular complexity index is 1390. The predicted molar refractivity (Wildman–Crippen MR) is 117 cm³/mol. The number of hydrogen-bond acceptors (Lipinski definition) is 5. The fourth-order valence-electron chi connectivity index (χ4n) is 3.91. The lowest BCUT2D eigenvalue weighted by molar-refractivity contribution is 0.102. The highest BCUT2D eigenvalue weighted by molar-refractivity contribution is 7.91. The molecular formula is C22H18N2O3S2. The third kappa shape index (κ3) is 3.01. The van der Waals surface area contributed by atoms with E-state index in [1.807, 2.05) is 0 Å². The lowest BCUT2D eigenvalue weighted by Gasteiger charge is -2.04. The Morgan fingerprint density at radius 3 is 2.62 bits per heavy atom. The van der Waals surface area contributed by atoms with Crippen LogP contribution in [0, 0.1) is 0 Å². The van der Waals surface area contributed by atoms with Crippen molar-refractivity contribution in [2.24, 2.45) is 0 Å². The summed E-state index contributed by atoms with van der Waals surface area (Å²) in [5.41, 5.74) is 4.02. The van der Waals surface area contributed by atoms with Crippen LogP contribution in [0.3, 0.4) is 0 Å². The van der Waals surface area contributed by atoms with E-state index in [4.69, 9.17) is 0 Å². The number of fused-ring (bicyclic) bond motifs is 2. The maximum Gasteiger partial charge on any atom is 0.257 e. The maximum absolute atomic E-state index is 12.6. The van der Waals surface area contributed by atoms with Crippen molar-refractivity contribution >= 4 is 53.2 Å². The SMILES string of the molecule is CCS(=O)(=O)c1ccc(C(=O)Nc2nc3c(cc4c5c(cccc53)CC4)s2)cc1. The van der Waals surface area contributed by atoms with Gasteiger partial charge < -0.3 is 0 Å². The molecule has 0 bridgehead atoms. The molecule has 5 nitrogen and oxygen atoms in total. The molecule has 0 saturated heterocycles. The predicted octanol–water partition coefficient (Wildman–Crippen LogP) is 4.59. The molecule has 1 aliphatic rings. The summed E-state index contributed by atoms with van der Waals surface area (Å²) in [4.78, 5) is 17.5. The first-order valence-corrected chi connectivity index (χ1v) is 11.9. The second-order valence-electron chi connectivity index (χ2n) is 7.12. The number of thiazole rings is 1. The van der Waals surface area contributed by atoms with Crippen LogP contribution in [0.15, 0.2) is 53.4 Å². The van der Waals surface area contributed by atoms with E-state index in [1.54, 1.807) is 6.92 Å². The van der Waals surface area contributed by atoms with Crippen LogP contribution in [-0.4, -0.2) is 25.1 Å². The fraction of sp³-hybridized carbons (Fsp3) is 0.182. The van der Waals surface area contributed by atoms with E-state index < -0.39 is 9.84 Å². The van der Waals surface area contributed by atoms with Gasteiger partial charge >= 0.3 is 0 Å². The zero-order valence-corrected chi connectivity index (χ0v) is 17.4. The summed E-state index contributed by atoms with van der Waals surface area (Å²) < 4.78 is 24.9. The van der Waals surface area contributed by atoms with E-state index >= 15 is 0 Å². The molecule has 0 unspecified atom stereocenters. The molecule has 0 radical (unpaired) electrons. The molecule has 4 aromatic rings. The van der Waals surface area contributed by atoms with E-state index in [-0.39, 0.29) is 16.6 Å². The van der Waals surface area contributed by atoms with Crippen molar-refractivity contribution < 1.29 is 13.2 Å². The number of carbonyl (C=O) groups is 1. The van der Waals surface area contributed by atoms with Crippen LogP contribution in [0.25, 0.3) is 21.0 Å². The van der Waals surface area contributed by atoms with Gasteiger partial charge in [0.1, 0.15) is 0 Å². The van der Waals surface area contributed by atoms with Crippen LogP contribution in [0.4, 0.5) is 5.13 Å². The van der Waals surface area contributed by atoms with Crippen LogP contribution in [-0.2, 0) is 22.7 Å². The minimum atomic E-state index is -3.28. The molecule has 1 amide bonds. The summed E-state index contributed by atoms with van der Waals surface area (Å²) in [6.45, 7) is 1.60. The highest BCUT2D eigenvalue weighted by atomic mass is 32.2. The average molecular weight is 423 g/mol. The molecule has 29 heavy (non-hydrogen) atoms. The third-order valence-electron chi connectivity index (χ3n) is 5.43. The quantitative estimate of drug-likeness (QED) is 0.522. The van der Waals surface area contributed by atoms with Gasteiger partial charge in [0, 0.05) is 10.9 Å². The van der Waals surface area contributed by atoms with Gasteiger partial charge in [0.05, 0.1) is 20.9 Å². The highest BCUT2D eigenvalue weighted by Gasteiger charge is 2.19. The first-order valence-electron chi connectivity index (χ1n) is 9.44. The number of rotatable bonds is 4. The zero-order valence-electron chi connectivity index (χ0n) is 15.7. The van der Waals surface area contributed by atoms with Crippen molar-refractivity contribution in [1.29, 1.82) is 0 Å². The Morgan fingerprint density at radius 2 is 1.86 bits per heavy atom. The maximum atomic E-state index is 12.6. The molecule has 1 N–H and O–H groups in total. The molecule has 0 aliphatic heterocycles. The molecule has 0 saturated carbocycles. The summed E-state index contributed by atoms with van der Waals surface area (Å²) >= 11 is 1.46. The van der Waals surface area contributed by atoms with Gasteiger partial charge in [0.25, 0.3) is 5.91 Å². The van der Waals surface area contributed by atoms with Gasteiger partial charge in [0.15, 0.2) is 15.0 Å². The topological polar surface area (TPSA) is 76.1 Å². The van der Waals surface area contributed by atoms with Crippen molar-refractivity contribution in [3.63, 3.8) is 0 Å². The number of benzene rings is 3. The monoisotopic (exact) mass is 422 g/mol. The van der Waals surface area contributed by atoms with Crippen molar-refractivity contribution in [3.05, 3.63) is 65.2 Å². The molecule has 5 rings (SSSR count). The van der Waals surface area contributed by atoms with Crippen LogP contribution in [0.2, 0.25) is 0 Å². The number of hydrogen-bond donors (Lipinski definition) is 1. The molecule has 1 heterocycles. The van der Waals surface area contributed by atoms with Gasteiger partial charge in [-0.1, -0.05) is 36.5 Å². The van der Waals surface area contributed by atoms with E-state index in [0.717, 1.165) is 28.4 Å². The Morgan fingerprint density at radius 1 is 1.10 bits per heavy atom. The summed E-state index contributed by atoms with van der Waals surface area (Å²) in [5, 5.41) is 5.84. The van der Waals surface area contributed by atoms with Gasteiger partial charge in [-0.05, 0) is 59.7 Å². The smallest absolute Gasteiger partial charge is 0.257 e. The second kappa shape index (κ2) is 6.64. The van der Waals surface area contributed by atoms with Crippen molar-refractivity contribution in [1.82, 2.24) is 4.98 Å². The van der Waals surface area contributed by atoms with Crippen LogP contribution in [0.1, 0.15) is 28.4 Å². The molecule has 1 aliphatic carbocycles. The first-order chi connectivity index (χ1) is 14.0. The van der Waals surface area contributed by atoms with Crippen LogP contribution in [0.5, 0.6) is 0 Å². The number of nitrogens with one attached hydrogen (secondary N) is 1. The highest BCUT2D eigenvalue weighted by Crippen LogP contribution is 2.39. The lowest BCUT2D eigenvalue weighted by Crippen LogP contribution is -2.12. The number of anilines is 1. The lowest BCUT2D eigenvalue weighted by atomic mass is 10.0. The van der Waals surface area contributed by atoms with Crippen molar-refractivity contribution in [3.8, 4) is 0 Å². The Balaban J connectivity index is 1.47. The molecule has 0 atom stereocenters. The minimum absolute atomic E-state index is 0.0297. The van der Waals surface area contributed by atoms with Gasteiger partial charge in [-0.3, -0.25) is 10.1 Å². The number of amides is 1. The summed E-state index contributed by atoms with van der Waals surface area (Å²) in [5.74, 6) is -0.274. The Labute approximate surface area is 172 Å². The van der Waals surface area contributed by atoms with Crippen LogP contribution < -0.4 is 5.32 Å². The number of aryl methyl sites for hydroxylation is 2. The largest absolute Gasteiger partial charge is 0.298 e. The number of nitrogens with zero attached hydrogens (tertiary/aromatic N) is 1. The molecule has 1 aromatic heterocycles. The first kappa shape index (κ1) is 18.3. The van der Waals surface area contributed by atoms with E-state index in [0.29, 0.717) is 10.7 Å². The second-order valence-corrected chi connectivity index (χ2v) is 10.4. The summed E-state index contributed by atoms with van der Waals surface area (Å²) in [6, 6.07) is 14.5. The number of sulfone groups is 1. The average Bonchev–Trinajstić information content (AvgIpc) is 3.33. The van der Waals surface area contributed by atoms with Gasteiger partial charge in [-0.25, -0.2) is 13.4 Å². The Kier molecular flexibility index (Phi) is 4.18. The molecule has 146 valence electrons. The van der Waals surface area contributed by atoms with Crippen molar-refractivity contribution in [2.45, 2.75) is 24.7 Å². The number of carbonyl (C=O) groups excluding carboxylic acids is 1. The van der Waals surface area contributed by atoms with E-state index in [9.17, 15) is 13.2 Å². The summed E-state index contributed by atoms with van der Waals surface area (Å²) in [7, 11) is -3.28. The Hall–Kier alpha value is -2.77. The van der Waals surface area contributed by atoms with Gasteiger partial charge in [0.2, 0.25) is 0 Å². The summed E-state index contributed by atoms with van der Waals surface area (Å²) in [6.07, 6.45) is 2.11. The normalized spacial score (nSPS) is 13.3. The molecule has 0 fully saturated rings. The van der Waals surface area contributed by atoms with Crippen molar-refractivity contribution in [2.75, 3.05) is 11.1 Å². The molecular weight excluding hydrogens is 404 g/mol. The third-order valence-corrected chi connectivity index (χ3v) is 8.09. The zero-order chi connectivity index (χ0) is 20.2. The standard InChI is InChI=1S/C22H18N2O3S2/c1-2-29(26,27)16-10-8-14(9-11-16)21(25)24-22-23-20-17-5-3-4-13-6-7-15(19(13)17)12-18(20)28-22/h3-5,8-12H,2,6-7H2,1H3,(H,23,24,25). The van der Waals surface area contributed by atoms with E-state index in [2.05, 4.69) is 34.6 Å². The number of aromatic nitrogens is 1. The van der Waals surface area contributed by atoms with Gasteiger partial charge in [-0.15, -0.1) is 0 Å². The van der Waals surface area contributed by atoms with E-state index in [1.165, 1.54) is 52.1 Å². The fourth-order valence-corrected chi connectivity index (χ4v) is 5.73. The van der Waals surface area contributed by atoms with Crippen LogP contribution >= 0.6 is 11.3 Å². The molecule has 0 spiro atoms. The molecule has 3 aromatic carbocycles.